The van der Waals surface area contributed by atoms with E-state index in [1.54, 1.807) is 118 Å². The van der Waals surface area contributed by atoms with Crippen molar-refractivity contribution in [1.29, 1.82) is 0 Å². The van der Waals surface area contributed by atoms with Gasteiger partial charge < -0.3 is 73.8 Å². The van der Waals surface area contributed by atoms with Crippen LogP contribution in [0.15, 0.2) is 215 Å². The normalized spacial score (nSPS) is 15.7. The first-order valence-corrected chi connectivity index (χ1v) is 54.8. The third kappa shape index (κ3) is 30.9. The molecule has 42 heteroatoms. The number of piperazine rings is 2. The second-order valence-corrected chi connectivity index (χ2v) is 45.9. The van der Waals surface area contributed by atoms with Gasteiger partial charge in [-0.2, -0.15) is 0 Å². The lowest BCUT2D eigenvalue weighted by Gasteiger charge is -2.34. The molecule has 12 amide bonds. The zero-order valence-corrected chi connectivity index (χ0v) is 91.6. The number of methoxy groups -OCH3 is 3. The number of pyridine rings is 1. The van der Waals surface area contributed by atoms with E-state index >= 15 is 0 Å². The molecule has 6 aliphatic rings. The Morgan fingerprint density at radius 3 is 1.24 bits per heavy atom. The lowest BCUT2D eigenvalue weighted by molar-refractivity contribution is -0.128. The standard InChI is InChI=1S/C29H33N5O3S2.C28H37N5O4S2.C25H25N5O4S2.C24H28N4O4S2/c1-6-25(35)33-10-12-34(13-11-33)28(37)23-16-24(20(3)14-19(23)2)38-26-17-30-29(39-26)31-27(36)22-9-7-8-21(15-22)18-32(4)5;1-18-14-22(37-5)21(15-23(18)38-25-16-29-28(39-25)30-26(35)20-9-10-20)27(36)32-12-7-13-33(19(2)17-32)24(34)8-6-11-31(3)4;1-4-21(31)29-9-11-30(12-10-29)24(33)18-14-20(16(2)13-19(18)34-3)35-22-15-27-25(36-22)28-23(32)17-5-7-26-8-6-17;1-4-20(29)28-11-5-10-27(14-15(28)2)23(31)18-12-17(8-9-19(18)32-3)33-21-13-25-24(34-21)26-22(30)16-6-7-16/h6-9,14-17H,1,10-13,18H2,2-5H3,(H,30,31,36);6,8,14-16,19-20H,7,9-13,17H2,1-5H3,(H,29,30,35);4-8,13-15H,1,9-12H2,2-3H3,(H,27,28,32);4,8-9,12-13,15-16H,1,5-7,10-11,14H2,2-3H3,(H,25,26,30)/b;8-6+;;/t;19-;;15-/m.1.1/s1. The Hall–Kier alpha value is -12.9. The van der Waals surface area contributed by atoms with Crippen LogP contribution in [0, 0.1) is 39.5 Å². The van der Waals surface area contributed by atoms with Crippen LogP contribution in [0.5, 0.6) is 17.2 Å². The average molecular weight is 2160 g/mol. The Labute approximate surface area is 895 Å². The van der Waals surface area contributed by atoms with Crippen LogP contribution in [0.25, 0.3) is 0 Å². The molecule has 4 aliphatic heterocycles. The molecule has 780 valence electrons. The van der Waals surface area contributed by atoms with Gasteiger partial charge in [0, 0.05) is 183 Å². The molecule has 2 aliphatic carbocycles. The molecule has 5 aromatic carbocycles. The van der Waals surface area contributed by atoms with Crippen molar-refractivity contribution in [1.82, 2.24) is 73.9 Å². The van der Waals surface area contributed by atoms with E-state index in [0.29, 0.717) is 182 Å². The number of hydrogen-bond donors (Lipinski definition) is 4. The lowest BCUT2D eigenvalue weighted by atomic mass is 10.0. The van der Waals surface area contributed by atoms with Crippen molar-refractivity contribution in [3.05, 3.63) is 239 Å². The second kappa shape index (κ2) is 53.3. The number of anilines is 4. The third-order valence-electron chi connectivity index (χ3n) is 24.7. The van der Waals surface area contributed by atoms with E-state index < -0.39 is 0 Å². The van der Waals surface area contributed by atoms with Crippen LogP contribution in [0.3, 0.4) is 0 Å². The third-order valence-corrected chi connectivity index (χ3v) is 33.2. The second-order valence-electron chi connectivity index (χ2n) is 36.4. The van der Waals surface area contributed by atoms with Gasteiger partial charge in [-0.15, -0.1) is 0 Å². The van der Waals surface area contributed by atoms with Gasteiger partial charge in [-0.05, 0) is 227 Å². The van der Waals surface area contributed by atoms with Crippen molar-refractivity contribution in [2.45, 2.75) is 135 Å². The first-order chi connectivity index (χ1) is 71.1. The van der Waals surface area contributed by atoms with Gasteiger partial charge in [-0.25, -0.2) is 19.9 Å². The fourth-order valence-electron chi connectivity index (χ4n) is 16.5. The van der Waals surface area contributed by atoms with Crippen LogP contribution < -0.4 is 35.5 Å². The lowest BCUT2D eigenvalue weighted by Crippen LogP contribution is -2.50. The van der Waals surface area contributed by atoms with E-state index in [1.165, 1.54) is 111 Å². The molecule has 2 atom stereocenters. The number of rotatable bonds is 31. The van der Waals surface area contributed by atoms with Crippen LogP contribution in [-0.2, 0) is 35.3 Å². The summed E-state index contributed by atoms with van der Waals surface area (Å²) in [6.07, 6.45) is 22.6. The maximum absolute atomic E-state index is 13.8. The van der Waals surface area contributed by atoms with E-state index in [1.807, 2.05) is 157 Å². The predicted octanol–water partition coefficient (Wildman–Crippen LogP) is 16.5. The number of nitrogens with one attached hydrogen (secondary N) is 4. The van der Waals surface area contributed by atoms with Crippen molar-refractivity contribution in [2.75, 3.05) is 169 Å². The molecule has 10 aromatic rings. The molecule has 2 saturated carbocycles. The van der Waals surface area contributed by atoms with Crippen LogP contribution >= 0.6 is 92.4 Å². The molecule has 4 saturated heterocycles. The van der Waals surface area contributed by atoms with Gasteiger partial charge in [0.1, 0.15) is 17.2 Å². The molecule has 148 heavy (non-hydrogen) atoms. The van der Waals surface area contributed by atoms with Crippen LogP contribution in [0.1, 0.15) is 142 Å². The fraction of sp³-hybridized carbons (Fsp3) is 0.368. The van der Waals surface area contributed by atoms with Gasteiger partial charge in [-0.1, -0.05) is 136 Å². The van der Waals surface area contributed by atoms with Crippen LogP contribution in [-0.4, -0.2) is 305 Å². The molecule has 16 rings (SSSR count). The van der Waals surface area contributed by atoms with Gasteiger partial charge in [-0.3, -0.25) is 73.2 Å². The van der Waals surface area contributed by atoms with Crippen molar-refractivity contribution >= 4 is 184 Å². The van der Waals surface area contributed by atoms with Gasteiger partial charge in [0.2, 0.25) is 35.4 Å². The quantitative estimate of drug-likeness (QED) is 0.0293. The number of benzene rings is 5. The maximum Gasteiger partial charge on any atom is 0.257 e. The minimum absolute atomic E-state index is 0.0255. The van der Waals surface area contributed by atoms with E-state index in [-0.39, 0.29) is 94.8 Å². The Kier molecular flexibility index (Phi) is 40.4. The largest absolute Gasteiger partial charge is 0.496 e. The summed E-state index contributed by atoms with van der Waals surface area (Å²) in [7, 11) is 12.6. The monoisotopic (exact) mass is 2160 g/mol. The van der Waals surface area contributed by atoms with Crippen molar-refractivity contribution < 1.29 is 71.7 Å². The van der Waals surface area contributed by atoms with Crippen molar-refractivity contribution in [3.63, 3.8) is 0 Å². The summed E-state index contributed by atoms with van der Waals surface area (Å²) in [4.78, 5) is 195. The molecule has 9 heterocycles. The number of aryl methyl sites for hydroxylation is 4. The predicted molar refractivity (Wildman–Crippen MR) is 583 cm³/mol. The van der Waals surface area contributed by atoms with E-state index in [0.717, 1.165) is 96.5 Å². The molecule has 6 fully saturated rings. The number of likely N-dealkylation sites (N-methyl/N-ethyl adjacent to an activating group) is 1. The van der Waals surface area contributed by atoms with Gasteiger partial charge in [0.05, 0.1) is 79.6 Å². The topological polar surface area (TPSA) is 378 Å². The highest BCUT2D eigenvalue weighted by atomic mass is 32.2. The highest BCUT2D eigenvalue weighted by Crippen LogP contribution is 2.44. The zero-order chi connectivity index (χ0) is 106. The molecule has 0 spiro atoms. The number of carbonyl (C=O) groups excluding carboxylic acids is 12. The Morgan fingerprint density at radius 1 is 0.412 bits per heavy atom. The number of hydrogen-bond acceptors (Lipinski definition) is 30. The summed E-state index contributed by atoms with van der Waals surface area (Å²) in [5.41, 5.74) is 8.16. The summed E-state index contributed by atoms with van der Waals surface area (Å²) in [6, 6.07) is 27.6. The number of ether oxygens (including phenoxy) is 3. The minimum Gasteiger partial charge on any atom is -0.496 e. The Morgan fingerprint density at radius 2 is 0.811 bits per heavy atom. The summed E-state index contributed by atoms with van der Waals surface area (Å²) >= 11 is 11.6. The molecular formula is C106H123N19O15S8. The highest BCUT2D eigenvalue weighted by molar-refractivity contribution is 8.02. The molecule has 0 radical (unpaired) electrons. The number of carbonyl (C=O) groups is 12. The smallest absolute Gasteiger partial charge is 0.257 e. The molecular weight excluding hydrogens is 2040 g/mol. The Bertz CT molecular complexity index is 6560. The molecule has 5 aromatic heterocycles. The van der Waals surface area contributed by atoms with E-state index in [4.69, 9.17) is 14.2 Å². The maximum atomic E-state index is 13.8. The number of aromatic nitrogens is 5. The number of nitrogens with zero attached hydrogens (tertiary/aromatic N) is 15. The van der Waals surface area contributed by atoms with E-state index in [9.17, 15) is 57.5 Å². The van der Waals surface area contributed by atoms with Crippen LogP contribution in [0.4, 0.5) is 20.5 Å². The SMILES string of the molecule is C=CC(=O)N1CCCN(C(=O)c2cc(Sc3cnc(NC(=O)C4CC4)s3)ccc2OC)C[C@H]1C.C=CC(=O)N1CCN(C(=O)c2cc(Sc3cnc(NC(=O)c4cccc(CN(C)C)c4)s3)c(C)cc2C)CC1.C=CC(=O)N1CCN(C(=O)c2cc(Sc3cnc(NC(=O)c4ccncc4)s3)c(C)cc2OC)CC1.COc1cc(C)c(Sc2cnc(NC(=O)C3CC3)s2)cc1C(=O)N1CCCN(C(=O)/C=C/CN(C)C)[C@H](C)C1. The number of thiazole rings is 4. The first-order valence-electron chi connectivity index (χ1n) is 48.2. The van der Waals surface area contributed by atoms with Crippen LogP contribution in [0.2, 0.25) is 0 Å². The molecule has 0 unspecified atom stereocenters. The van der Waals surface area contributed by atoms with Gasteiger partial charge >= 0.3 is 0 Å². The molecule has 4 N–H and O–H groups in total. The molecule has 0 bridgehead atoms. The van der Waals surface area contributed by atoms with E-state index in [2.05, 4.69) is 70.8 Å². The van der Waals surface area contributed by atoms with Gasteiger partial charge in [0.25, 0.3) is 35.4 Å². The molecule has 34 nitrogen and oxygen atoms in total. The fourth-order valence-corrected chi connectivity index (χ4v) is 24.2. The average Bonchev–Trinajstić information content (AvgIpc) is 1.75. The van der Waals surface area contributed by atoms with Gasteiger partial charge in [0.15, 0.2) is 20.5 Å². The first kappa shape index (κ1) is 112. The highest BCUT2D eigenvalue weighted by Gasteiger charge is 2.36. The Balaban J connectivity index is 0.000000165. The summed E-state index contributed by atoms with van der Waals surface area (Å²) in [5.74, 6) is 0.595. The summed E-state index contributed by atoms with van der Waals surface area (Å²) < 4.78 is 20.2. The summed E-state index contributed by atoms with van der Waals surface area (Å²) in [5, 5.41) is 13.6. The van der Waals surface area contributed by atoms with Crippen molar-refractivity contribution in [3.8, 4) is 17.2 Å². The number of amides is 12. The minimum atomic E-state index is -0.258. The zero-order valence-electron chi connectivity index (χ0n) is 85.1. The van der Waals surface area contributed by atoms with Crippen molar-refractivity contribution in [2.24, 2.45) is 11.8 Å². The summed E-state index contributed by atoms with van der Waals surface area (Å²) in [6.45, 7) is 30.9.